The molecule has 0 spiro atoms. The molecule has 8 nitrogen and oxygen atoms in total. The summed E-state index contributed by atoms with van der Waals surface area (Å²) in [5, 5.41) is 9.56. The molecule has 2 aromatic heterocycles. The number of halogens is 3. The van der Waals surface area contributed by atoms with Crippen LogP contribution in [0.3, 0.4) is 0 Å². The van der Waals surface area contributed by atoms with Gasteiger partial charge in [0.1, 0.15) is 0 Å². The first-order valence-electron chi connectivity index (χ1n) is 6.73. The average Bonchev–Trinajstić information content (AvgIpc) is 3.09. The van der Waals surface area contributed by atoms with Crippen molar-refractivity contribution in [2.24, 2.45) is 5.73 Å². The first-order chi connectivity index (χ1) is 10.8. The predicted octanol–water partition coefficient (Wildman–Crippen LogP) is 0.525. The standard InChI is InChI=1S/C12H15F3N6O2/c1-7-6-8(12(13,14)15)19-21(7)5-2-9-18-11(23-20-9)10(22)17-4-3-16/h6H,2-5,16H2,1H3,(H,17,22). The molecule has 11 heteroatoms. The van der Waals surface area contributed by atoms with Crippen molar-refractivity contribution in [3.8, 4) is 0 Å². The monoisotopic (exact) mass is 332 g/mol. The average molecular weight is 332 g/mol. The van der Waals surface area contributed by atoms with E-state index < -0.39 is 17.8 Å². The number of nitrogens with two attached hydrogens (primary N) is 1. The topological polar surface area (TPSA) is 112 Å². The predicted molar refractivity (Wildman–Crippen MR) is 71.4 cm³/mol. The van der Waals surface area contributed by atoms with Crippen molar-refractivity contribution in [3.63, 3.8) is 0 Å². The molecule has 0 aliphatic rings. The van der Waals surface area contributed by atoms with Crippen molar-refractivity contribution < 1.29 is 22.5 Å². The largest absolute Gasteiger partial charge is 0.435 e. The summed E-state index contributed by atoms with van der Waals surface area (Å²) in [5.41, 5.74) is 4.66. The first kappa shape index (κ1) is 16.9. The van der Waals surface area contributed by atoms with Gasteiger partial charge in [0.2, 0.25) is 0 Å². The molecule has 0 aliphatic carbocycles. The van der Waals surface area contributed by atoms with Gasteiger partial charge < -0.3 is 15.6 Å². The van der Waals surface area contributed by atoms with Crippen LogP contribution in [0.15, 0.2) is 10.6 Å². The number of alkyl halides is 3. The van der Waals surface area contributed by atoms with Gasteiger partial charge in [0, 0.05) is 31.7 Å². The lowest BCUT2D eigenvalue weighted by atomic mass is 10.3. The Hall–Kier alpha value is -2.43. The molecule has 2 aromatic rings. The van der Waals surface area contributed by atoms with Crippen LogP contribution in [-0.2, 0) is 19.1 Å². The van der Waals surface area contributed by atoms with E-state index >= 15 is 0 Å². The van der Waals surface area contributed by atoms with Crippen LogP contribution in [0.1, 0.15) is 27.9 Å². The summed E-state index contributed by atoms with van der Waals surface area (Å²) in [7, 11) is 0. The van der Waals surface area contributed by atoms with Crippen molar-refractivity contribution in [2.45, 2.75) is 26.1 Å². The van der Waals surface area contributed by atoms with Crippen LogP contribution < -0.4 is 11.1 Å². The van der Waals surface area contributed by atoms with E-state index in [2.05, 4.69) is 20.6 Å². The van der Waals surface area contributed by atoms with Crippen LogP contribution in [0.25, 0.3) is 0 Å². The lowest BCUT2D eigenvalue weighted by Gasteiger charge is -2.02. The number of aromatic nitrogens is 4. The van der Waals surface area contributed by atoms with E-state index in [-0.39, 0.29) is 37.8 Å². The third-order valence-electron chi connectivity index (χ3n) is 2.91. The second kappa shape index (κ2) is 6.77. The number of carbonyl (C=O) groups is 1. The molecule has 3 N–H and O–H groups in total. The zero-order valence-electron chi connectivity index (χ0n) is 12.2. The maximum absolute atomic E-state index is 12.6. The number of hydrogen-bond donors (Lipinski definition) is 2. The van der Waals surface area contributed by atoms with E-state index in [1.54, 1.807) is 0 Å². The zero-order valence-corrected chi connectivity index (χ0v) is 12.2. The summed E-state index contributed by atoms with van der Waals surface area (Å²) in [6.45, 7) is 2.19. The highest BCUT2D eigenvalue weighted by Crippen LogP contribution is 2.28. The molecule has 0 saturated heterocycles. The molecule has 0 radical (unpaired) electrons. The Balaban J connectivity index is 1.98. The summed E-state index contributed by atoms with van der Waals surface area (Å²) in [6, 6.07) is 0.960. The van der Waals surface area contributed by atoms with Gasteiger partial charge in [0.05, 0.1) is 0 Å². The lowest BCUT2D eigenvalue weighted by molar-refractivity contribution is -0.141. The van der Waals surface area contributed by atoms with E-state index in [9.17, 15) is 18.0 Å². The number of hydrogen-bond acceptors (Lipinski definition) is 6. The SMILES string of the molecule is Cc1cc(C(F)(F)F)nn1CCc1noc(C(=O)NCCN)n1. The number of nitrogens with one attached hydrogen (secondary N) is 1. The highest BCUT2D eigenvalue weighted by Gasteiger charge is 2.34. The van der Waals surface area contributed by atoms with Gasteiger partial charge >= 0.3 is 18.0 Å². The molecule has 126 valence electrons. The van der Waals surface area contributed by atoms with Crippen LogP contribution in [0.5, 0.6) is 0 Å². The van der Waals surface area contributed by atoms with E-state index in [4.69, 9.17) is 10.3 Å². The molecular formula is C12H15F3N6O2. The van der Waals surface area contributed by atoms with Crippen LogP contribution in [-0.4, -0.2) is 38.9 Å². The highest BCUT2D eigenvalue weighted by molar-refractivity contribution is 5.89. The van der Waals surface area contributed by atoms with Gasteiger partial charge in [-0.1, -0.05) is 5.16 Å². The Morgan fingerprint density at radius 2 is 2.22 bits per heavy atom. The number of carbonyl (C=O) groups excluding carboxylic acids is 1. The van der Waals surface area contributed by atoms with E-state index in [1.807, 2.05) is 0 Å². The van der Waals surface area contributed by atoms with Gasteiger partial charge in [-0.25, -0.2) is 0 Å². The van der Waals surface area contributed by atoms with E-state index in [1.165, 1.54) is 11.6 Å². The fourth-order valence-electron chi connectivity index (χ4n) is 1.79. The number of aryl methyl sites for hydroxylation is 3. The van der Waals surface area contributed by atoms with Crippen LogP contribution in [0, 0.1) is 6.92 Å². The summed E-state index contributed by atoms with van der Waals surface area (Å²) < 4.78 is 43.7. The Kier molecular flexibility index (Phi) is 4.98. The maximum atomic E-state index is 12.6. The minimum atomic E-state index is -4.49. The molecule has 2 heterocycles. The van der Waals surface area contributed by atoms with Crippen molar-refractivity contribution in [1.82, 2.24) is 25.2 Å². The Morgan fingerprint density at radius 3 is 2.83 bits per heavy atom. The molecule has 0 fully saturated rings. The van der Waals surface area contributed by atoms with Gasteiger partial charge in [-0.05, 0) is 13.0 Å². The van der Waals surface area contributed by atoms with Gasteiger partial charge in [0.15, 0.2) is 11.5 Å². The maximum Gasteiger partial charge on any atom is 0.435 e. The molecule has 0 unspecified atom stereocenters. The summed E-state index contributed by atoms with van der Waals surface area (Å²) in [5.74, 6) is -0.572. The van der Waals surface area contributed by atoms with Gasteiger partial charge in [-0.2, -0.15) is 23.3 Å². The second-order valence-corrected chi connectivity index (χ2v) is 4.70. The highest BCUT2D eigenvalue weighted by atomic mass is 19.4. The third-order valence-corrected chi connectivity index (χ3v) is 2.91. The Morgan fingerprint density at radius 1 is 1.48 bits per heavy atom. The van der Waals surface area contributed by atoms with Crippen LogP contribution in [0.2, 0.25) is 0 Å². The minimum Gasteiger partial charge on any atom is -0.347 e. The van der Waals surface area contributed by atoms with Crippen LogP contribution in [0.4, 0.5) is 13.2 Å². The van der Waals surface area contributed by atoms with Crippen molar-refractivity contribution in [1.29, 1.82) is 0 Å². The number of nitrogens with zero attached hydrogens (tertiary/aromatic N) is 4. The summed E-state index contributed by atoms with van der Waals surface area (Å²) in [6.07, 6.45) is -4.32. The molecule has 0 atom stereocenters. The number of amides is 1. The molecule has 0 aliphatic heterocycles. The van der Waals surface area contributed by atoms with Gasteiger partial charge in [-0.3, -0.25) is 9.48 Å². The van der Waals surface area contributed by atoms with Crippen molar-refractivity contribution in [3.05, 3.63) is 29.2 Å². The third kappa shape index (κ3) is 4.28. The van der Waals surface area contributed by atoms with Gasteiger partial charge in [-0.15, -0.1) is 0 Å². The van der Waals surface area contributed by atoms with Crippen molar-refractivity contribution >= 4 is 5.91 Å². The molecule has 23 heavy (non-hydrogen) atoms. The molecule has 0 aromatic carbocycles. The second-order valence-electron chi connectivity index (χ2n) is 4.70. The zero-order chi connectivity index (χ0) is 17.0. The Bertz CT molecular complexity index is 679. The molecule has 1 amide bonds. The first-order valence-corrected chi connectivity index (χ1v) is 6.73. The normalized spacial score (nSPS) is 11.7. The minimum absolute atomic E-state index is 0.130. The van der Waals surface area contributed by atoms with Gasteiger partial charge in [0.25, 0.3) is 0 Å². The fraction of sp³-hybridized carbons (Fsp3) is 0.500. The fourth-order valence-corrected chi connectivity index (χ4v) is 1.79. The molecular weight excluding hydrogens is 317 g/mol. The van der Waals surface area contributed by atoms with Crippen LogP contribution >= 0.6 is 0 Å². The van der Waals surface area contributed by atoms with E-state index in [0.29, 0.717) is 5.69 Å². The van der Waals surface area contributed by atoms with E-state index in [0.717, 1.165) is 6.07 Å². The smallest absolute Gasteiger partial charge is 0.347 e. The van der Waals surface area contributed by atoms with Crippen molar-refractivity contribution in [2.75, 3.05) is 13.1 Å². The Labute approximate surface area is 128 Å². The number of rotatable bonds is 6. The quantitative estimate of drug-likeness (QED) is 0.798. The molecule has 2 rings (SSSR count). The molecule has 0 bridgehead atoms. The summed E-state index contributed by atoms with van der Waals surface area (Å²) in [4.78, 5) is 15.4. The molecule has 0 saturated carbocycles. The summed E-state index contributed by atoms with van der Waals surface area (Å²) >= 11 is 0. The lowest BCUT2D eigenvalue weighted by Crippen LogP contribution is -2.29.